The van der Waals surface area contributed by atoms with Gasteiger partial charge in [0.2, 0.25) is 5.91 Å². The fraction of sp³-hybridized carbons (Fsp3) is 0.923. The van der Waals surface area contributed by atoms with Crippen molar-refractivity contribution in [2.24, 2.45) is 0 Å². The van der Waals surface area contributed by atoms with Crippen LogP contribution in [0.15, 0.2) is 0 Å². The van der Waals surface area contributed by atoms with Crippen LogP contribution in [0.3, 0.4) is 0 Å². The Kier molecular flexibility index (Phi) is 6.52. The van der Waals surface area contributed by atoms with Crippen LogP contribution in [0.1, 0.15) is 46.5 Å². The number of nitrogens with one attached hydrogen (secondary N) is 2. The first-order chi connectivity index (χ1) is 8.13. The van der Waals surface area contributed by atoms with Crippen LogP contribution < -0.4 is 10.6 Å². The zero-order valence-corrected chi connectivity index (χ0v) is 11.3. The third-order valence-corrected chi connectivity index (χ3v) is 3.13. The summed E-state index contributed by atoms with van der Waals surface area (Å²) in [5.74, 6) is 0.0107. The minimum Gasteiger partial charge on any atom is -0.364 e. The van der Waals surface area contributed by atoms with Crippen molar-refractivity contribution in [3.63, 3.8) is 0 Å². The molecule has 4 nitrogen and oxygen atoms in total. The molecule has 0 aromatic heterocycles. The van der Waals surface area contributed by atoms with Crippen LogP contribution in [0.5, 0.6) is 0 Å². The van der Waals surface area contributed by atoms with Crippen molar-refractivity contribution >= 4 is 5.91 Å². The molecule has 0 spiro atoms. The number of hydrogen-bond acceptors (Lipinski definition) is 3. The maximum Gasteiger partial charge on any atom is 0.249 e. The van der Waals surface area contributed by atoms with E-state index in [0.29, 0.717) is 0 Å². The maximum atomic E-state index is 11.8. The summed E-state index contributed by atoms with van der Waals surface area (Å²) in [7, 11) is 0. The average Bonchev–Trinajstić information content (AvgIpc) is 2.30. The number of amides is 1. The van der Waals surface area contributed by atoms with Gasteiger partial charge in [-0.25, -0.2) is 0 Å². The second-order valence-electron chi connectivity index (χ2n) is 4.94. The Labute approximate surface area is 104 Å². The summed E-state index contributed by atoms with van der Waals surface area (Å²) in [5.41, 5.74) is 0. The topological polar surface area (TPSA) is 50.4 Å². The molecular weight excluding hydrogens is 216 g/mol. The first kappa shape index (κ1) is 14.5. The van der Waals surface area contributed by atoms with Crippen LogP contribution in [0.25, 0.3) is 0 Å². The lowest BCUT2D eigenvalue weighted by Gasteiger charge is -2.26. The van der Waals surface area contributed by atoms with Crippen LogP contribution in [0.2, 0.25) is 0 Å². The number of piperidine rings is 1. The number of hydrogen-bond donors (Lipinski definition) is 2. The molecule has 3 atom stereocenters. The van der Waals surface area contributed by atoms with Crippen molar-refractivity contribution in [1.29, 1.82) is 0 Å². The normalized spacial score (nSPS) is 24.1. The Morgan fingerprint density at radius 3 is 2.88 bits per heavy atom. The highest BCUT2D eigenvalue weighted by atomic mass is 16.5. The Hall–Kier alpha value is -0.610. The zero-order valence-electron chi connectivity index (χ0n) is 11.3. The molecule has 0 aromatic rings. The molecule has 0 bridgehead atoms. The van der Waals surface area contributed by atoms with Gasteiger partial charge in [0, 0.05) is 12.6 Å². The van der Waals surface area contributed by atoms with Gasteiger partial charge in [0.1, 0.15) is 6.10 Å². The van der Waals surface area contributed by atoms with Crippen molar-refractivity contribution in [2.45, 2.75) is 64.7 Å². The summed E-state index contributed by atoms with van der Waals surface area (Å²) < 4.78 is 5.76. The van der Waals surface area contributed by atoms with Crippen molar-refractivity contribution in [3.05, 3.63) is 0 Å². The highest BCUT2D eigenvalue weighted by molar-refractivity contribution is 5.80. The third kappa shape index (κ3) is 5.50. The highest BCUT2D eigenvalue weighted by Crippen LogP contribution is 2.09. The minimum absolute atomic E-state index is 0.0107. The number of ether oxygens (including phenoxy) is 1. The smallest absolute Gasteiger partial charge is 0.249 e. The molecule has 1 saturated heterocycles. The van der Waals surface area contributed by atoms with E-state index in [1.165, 1.54) is 0 Å². The lowest BCUT2D eigenvalue weighted by Crippen LogP contribution is -2.44. The van der Waals surface area contributed by atoms with Gasteiger partial charge in [-0.15, -0.1) is 0 Å². The standard InChI is InChI=1S/C13H26N2O2/c1-4-6-10(2)15-13(16)11(3)17-12-7-5-8-14-9-12/h10-12,14H,4-9H2,1-3H3,(H,15,16)/t10?,11?,12-/m0/s1. The van der Waals surface area contributed by atoms with E-state index >= 15 is 0 Å². The Morgan fingerprint density at radius 1 is 1.53 bits per heavy atom. The Balaban J connectivity index is 2.25. The van der Waals surface area contributed by atoms with E-state index in [9.17, 15) is 4.79 Å². The first-order valence-corrected chi connectivity index (χ1v) is 6.80. The molecule has 0 aromatic carbocycles. The second kappa shape index (κ2) is 7.67. The van der Waals surface area contributed by atoms with Crippen LogP contribution in [-0.2, 0) is 9.53 Å². The van der Waals surface area contributed by atoms with Crippen molar-refractivity contribution in [1.82, 2.24) is 10.6 Å². The molecule has 1 fully saturated rings. The predicted octanol–water partition coefficient (Wildman–Crippen LogP) is 1.45. The van der Waals surface area contributed by atoms with Gasteiger partial charge in [-0.2, -0.15) is 0 Å². The van der Waals surface area contributed by atoms with E-state index in [1.807, 2.05) is 13.8 Å². The molecular formula is C13H26N2O2. The summed E-state index contributed by atoms with van der Waals surface area (Å²) in [4.78, 5) is 11.8. The average molecular weight is 242 g/mol. The van der Waals surface area contributed by atoms with E-state index in [0.717, 1.165) is 38.8 Å². The molecule has 2 unspecified atom stereocenters. The van der Waals surface area contributed by atoms with Crippen LogP contribution >= 0.6 is 0 Å². The van der Waals surface area contributed by atoms with Crippen molar-refractivity contribution in [2.75, 3.05) is 13.1 Å². The summed E-state index contributed by atoms with van der Waals surface area (Å²) in [6.07, 6.45) is 4.12. The predicted molar refractivity (Wildman–Crippen MR) is 69.0 cm³/mol. The van der Waals surface area contributed by atoms with Crippen LogP contribution in [0.4, 0.5) is 0 Å². The lowest BCUT2D eigenvalue weighted by molar-refractivity contribution is -0.136. The SMILES string of the molecule is CCCC(C)NC(=O)C(C)O[C@H]1CCCNC1. The van der Waals surface area contributed by atoms with Gasteiger partial charge in [0.05, 0.1) is 6.10 Å². The summed E-state index contributed by atoms with van der Waals surface area (Å²) >= 11 is 0. The molecule has 1 heterocycles. The largest absolute Gasteiger partial charge is 0.364 e. The Morgan fingerprint density at radius 2 is 2.29 bits per heavy atom. The summed E-state index contributed by atoms with van der Waals surface area (Å²) in [6.45, 7) is 7.92. The van der Waals surface area contributed by atoms with Crippen molar-refractivity contribution in [3.8, 4) is 0 Å². The summed E-state index contributed by atoms with van der Waals surface area (Å²) in [6, 6.07) is 0.239. The fourth-order valence-corrected chi connectivity index (χ4v) is 2.15. The van der Waals surface area contributed by atoms with Gasteiger partial charge < -0.3 is 15.4 Å². The number of carbonyl (C=O) groups is 1. The Bertz CT molecular complexity index is 227. The second-order valence-corrected chi connectivity index (χ2v) is 4.94. The maximum absolute atomic E-state index is 11.8. The fourth-order valence-electron chi connectivity index (χ4n) is 2.15. The molecule has 1 rings (SSSR count). The van der Waals surface area contributed by atoms with Gasteiger partial charge in [0.25, 0.3) is 0 Å². The minimum atomic E-state index is -0.348. The van der Waals surface area contributed by atoms with Crippen molar-refractivity contribution < 1.29 is 9.53 Å². The van der Waals surface area contributed by atoms with Gasteiger partial charge in [-0.1, -0.05) is 13.3 Å². The van der Waals surface area contributed by atoms with Crippen LogP contribution in [0, 0.1) is 0 Å². The lowest BCUT2D eigenvalue weighted by atomic mass is 10.1. The molecule has 1 aliphatic rings. The molecule has 17 heavy (non-hydrogen) atoms. The molecule has 0 radical (unpaired) electrons. The molecule has 4 heteroatoms. The monoisotopic (exact) mass is 242 g/mol. The zero-order chi connectivity index (χ0) is 12.7. The molecule has 100 valence electrons. The molecule has 0 saturated carbocycles. The van der Waals surface area contributed by atoms with E-state index in [-0.39, 0.29) is 24.2 Å². The molecule has 1 aliphatic heterocycles. The van der Waals surface area contributed by atoms with E-state index < -0.39 is 0 Å². The van der Waals surface area contributed by atoms with Gasteiger partial charge >= 0.3 is 0 Å². The van der Waals surface area contributed by atoms with E-state index in [4.69, 9.17) is 4.74 Å². The van der Waals surface area contributed by atoms with E-state index in [1.54, 1.807) is 0 Å². The first-order valence-electron chi connectivity index (χ1n) is 6.80. The molecule has 0 aliphatic carbocycles. The molecule has 2 N–H and O–H groups in total. The van der Waals surface area contributed by atoms with Crippen LogP contribution in [-0.4, -0.2) is 37.2 Å². The van der Waals surface area contributed by atoms with Gasteiger partial charge in [-0.3, -0.25) is 4.79 Å². The summed E-state index contributed by atoms with van der Waals surface area (Å²) in [5, 5.41) is 6.27. The van der Waals surface area contributed by atoms with Gasteiger partial charge in [0.15, 0.2) is 0 Å². The third-order valence-electron chi connectivity index (χ3n) is 3.13. The molecule has 1 amide bonds. The number of carbonyl (C=O) groups excluding carboxylic acids is 1. The van der Waals surface area contributed by atoms with E-state index in [2.05, 4.69) is 17.6 Å². The quantitative estimate of drug-likeness (QED) is 0.741. The number of rotatable bonds is 6. The van der Waals surface area contributed by atoms with Gasteiger partial charge in [-0.05, 0) is 39.7 Å². The highest BCUT2D eigenvalue weighted by Gasteiger charge is 2.21.